The van der Waals surface area contributed by atoms with Crippen LogP contribution in [0.3, 0.4) is 0 Å². The Hall–Kier alpha value is -3.61. The summed E-state index contributed by atoms with van der Waals surface area (Å²) >= 11 is 0. The highest BCUT2D eigenvalue weighted by Crippen LogP contribution is 2.23. The van der Waals surface area contributed by atoms with Gasteiger partial charge in [0.1, 0.15) is 17.1 Å². The van der Waals surface area contributed by atoms with Crippen molar-refractivity contribution in [2.75, 3.05) is 0 Å². The van der Waals surface area contributed by atoms with E-state index in [0.29, 0.717) is 28.2 Å². The van der Waals surface area contributed by atoms with Crippen LogP contribution in [-0.2, 0) is 0 Å². The first-order chi connectivity index (χ1) is 12.1. The average Bonchev–Trinajstić information content (AvgIpc) is 3.04. The van der Waals surface area contributed by atoms with Crippen LogP contribution in [0.1, 0.15) is 10.4 Å². The number of carbonyl (C=O) groups is 1. The van der Waals surface area contributed by atoms with Gasteiger partial charge >= 0.3 is 0 Å². The molecule has 0 radical (unpaired) electrons. The standard InChI is InChI=1S/C18H12FN5O/c19-12-4-5-15-11(9-12)6-8-24(15)18-13(16(20)25)10-22-17(23-18)14-3-1-2-7-21-14/h1-10H,(H2,20,25). The zero-order valence-electron chi connectivity index (χ0n) is 12.9. The average molecular weight is 333 g/mol. The van der Waals surface area contributed by atoms with Crippen LogP contribution >= 0.6 is 0 Å². The van der Waals surface area contributed by atoms with Crippen molar-refractivity contribution in [1.82, 2.24) is 19.5 Å². The predicted molar refractivity (Wildman–Crippen MR) is 90.6 cm³/mol. The molecule has 0 unspecified atom stereocenters. The fourth-order valence-corrected chi connectivity index (χ4v) is 2.65. The Morgan fingerprint density at radius 2 is 2.00 bits per heavy atom. The fourth-order valence-electron chi connectivity index (χ4n) is 2.65. The number of primary amides is 1. The van der Waals surface area contributed by atoms with Crippen molar-refractivity contribution in [1.29, 1.82) is 0 Å². The summed E-state index contributed by atoms with van der Waals surface area (Å²) in [7, 11) is 0. The number of nitrogens with two attached hydrogens (primary N) is 1. The van der Waals surface area contributed by atoms with Gasteiger partial charge in [-0.05, 0) is 36.4 Å². The molecular formula is C18H12FN5O. The molecule has 4 aromatic rings. The molecule has 2 N–H and O–H groups in total. The third-order valence-electron chi connectivity index (χ3n) is 3.81. The molecule has 0 saturated heterocycles. The van der Waals surface area contributed by atoms with Crippen LogP contribution in [0.15, 0.2) is 61.1 Å². The SMILES string of the molecule is NC(=O)c1cnc(-c2ccccn2)nc1-n1ccc2cc(F)ccc21. The quantitative estimate of drug-likeness (QED) is 0.624. The molecule has 0 aliphatic carbocycles. The molecule has 6 nitrogen and oxygen atoms in total. The van der Waals surface area contributed by atoms with Gasteiger partial charge in [-0.15, -0.1) is 0 Å². The number of hydrogen-bond donors (Lipinski definition) is 1. The fraction of sp³-hybridized carbons (Fsp3) is 0. The van der Waals surface area contributed by atoms with E-state index in [-0.39, 0.29) is 11.4 Å². The van der Waals surface area contributed by atoms with Crippen LogP contribution in [0.5, 0.6) is 0 Å². The van der Waals surface area contributed by atoms with E-state index < -0.39 is 5.91 Å². The van der Waals surface area contributed by atoms with E-state index in [0.717, 1.165) is 0 Å². The second-order valence-corrected chi connectivity index (χ2v) is 5.40. The number of halogens is 1. The van der Waals surface area contributed by atoms with E-state index in [2.05, 4.69) is 15.0 Å². The van der Waals surface area contributed by atoms with E-state index in [1.165, 1.54) is 18.3 Å². The summed E-state index contributed by atoms with van der Waals surface area (Å²) in [6, 6.07) is 11.5. The molecule has 0 aliphatic heterocycles. The Bertz CT molecular complexity index is 1090. The lowest BCUT2D eigenvalue weighted by molar-refractivity contribution is 0.0999. The van der Waals surface area contributed by atoms with Gasteiger partial charge in [-0.3, -0.25) is 9.78 Å². The smallest absolute Gasteiger partial charge is 0.254 e. The van der Waals surface area contributed by atoms with Gasteiger partial charge in [-0.1, -0.05) is 6.07 Å². The van der Waals surface area contributed by atoms with Gasteiger partial charge in [-0.2, -0.15) is 0 Å². The third-order valence-corrected chi connectivity index (χ3v) is 3.81. The highest BCUT2D eigenvalue weighted by atomic mass is 19.1. The number of aromatic nitrogens is 4. The zero-order chi connectivity index (χ0) is 17.4. The summed E-state index contributed by atoms with van der Waals surface area (Å²) in [6.07, 6.45) is 4.72. The molecule has 4 rings (SSSR count). The number of nitrogens with zero attached hydrogens (tertiary/aromatic N) is 4. The summed E-state index contributed by atoms with van der Waals surface area (Å²) in [5.41, 5.74) is 6.91. The molecular weight excluding hydrogens is 321 g/mol. The van der Waals surface area contributed by atoms with Crippen molar-refractivity contribution in [3.63, 3.8) is 0 Å². The first kappa shape index (κ1) is 14.9. The molecule has 0 spiro atoms. The van der Waals surface area contributed by atoms with Crippen LogP contribution in [0, 0.1) is 5.82 Å². The van der Waals surface area contributed by atoms with Crippen molar-refractivity contribution in [2.45, 2.75) is 0 Å². The number of amides is 1. The van der Waals surface area contributed by atoms with E-state index >= 15 is 0 Å². The maximum Gasteiger partial charge on any atom is 0.254 e. The van der Waals surface area contributed by atoms with Crippen molar-refractivity contribution in [3.05, 3.63) is 72.4 Å². The topological polar surface area (TPSA) is 86.7 Å². The number of fused-ring (bicyclic) bond motifs is 1. The molecule has 3 heterocycles. The third kappa shape index (κ3) is 2.61. The normalized spacial score (nSPS) is 10.9. The number of benzene rings is 1. The van der Waals surface area contributed by atoms with E-state index in [1.54, 1.807) is 41.2 Å². The molecule has 0 saturated carbocycles. The lowest BCUT2D eigenvalue weighted by atomic mass is 10.2. The maximum atomic E-state index is 13.4. The second-order valence-electron chi connectivity index (χ2n) is 5.40. The molecule has 0 fully saturated rings. The monoisotopic (exact) mass is 333 g/mol. The van der Waals surface area contributed by atoms with E-state index in [4.69, 9.17) is 5.73 Å². The van der Waals surface area contributed by atoms with E-state index in [9.17, 15) is 9.18 Å². The van der Waals surface area contributed by atoms with Gasteiger partial charge < -0.3 is 10.3 Å². The first-order valence-electron chi connectivity index (χ1n) is 7.49. The number of pyridine rings is 1. The van der Waals surface area contributed by atoms with Crippen LogP contribution < -0.4 is 5.73 Å². The lowest BCUT2D eigenvalue weighted by Gasteiger charge is -2.10. The van der Waals surface area contributed by atoms with Crippen LogP contribution in [0.25, 0.3) is 28.2 Å². The molecule has 3 aromatic heterocycles. The summed E-state index contributed by atoms with van der Waals surface area (Å²) in [4.78, 5) is 24.7. The van der Waals surface area contributed by atoms with Gasteiger partial charge in [0.2, 0.25) is 0 Å². The van der Waals surface area contributed by atoms with Crippen molar-refractivity contribution >= 4 is 16.8 Å². The predicted octanol–water partition coefficient (Wildman–Crippen LogP) is 2.72. The maximum absolute atomic E-state index is 13.4. The van der Waals surface area contributed by atoms with Gasteiger partial charge in [-0.25, -0.2) is 14.4 Å². The summed E-state index contributed by atoms with van der Waals surface area (Å²) in [5.74, 6) is -0.293. The van der Waals surface area contributed by atoms with Gasteiger partial charge in [0.25, 0.3) is 5.91 Å². The Morgan fingerprint density at radius 1 is 1.12 bits per heavy atom. The summed E-state index contributed by atoms with van der Waals surface area (Å²) in [6.45, 7) is 0. The Balaban J connectivity index is 1.96. The molecule has 1 amide bonds. The molecule has 0 atom stereocenters. The molecule has 122 valence electrons. The van der Waals surface area contributed by atoms with Crippen LogP contribution in [0.4, 0.5) is 4.39 Å². The summed E-state index contributed by atoms with van der Waals surface area (Å²) in [5, 5.41) is 0.688. The van der Waals surface area contributed by atoms with Gasteiger partial charge in [0, 0.05) is 24.0 Å². The highest BCUT2D eigenvalue weighted by molar-refractivity contribution is 5.96. The second kappa shape index (κ2) is 5.79. The number of carbonyl (C=O) groups excluding carboxylic acids is 1. The van der Waals surface area contributed by atoms with Crippen molar-refractivity contribution < 1.29 is 9.18 Å². The van der Waals surface area contributed by atoms with E-state index in [1.807, 2.05) is 6.07 Å². The van der Waals surface area contributed by atoms with Gasteiger partial charge in [0.05, 0.1) is 5.52 Å². The molecule has 25 heavy (non-hydrogen) atoms. The molecule has 0 bridgehead atoms. The number of rotatable bonds is 3. The minimum atomic E-state index is -0.647. The highest BCUT2D eigenvalue weighted by Gasteiger charge is 2.16. The van der Waals surface area contributed by atoms with Crippen molar-refractivity contribution in [2.24, 2.45) is 5.73 Å². The lowest BCUT2D eigenvalue weighted by Crippen LogP contribution is -2.17. The first-order valence-corrected chi connectivity index (χ1v) is 7.49. The summed E-state index contributed by atoms with van der Waals surface area (Å²) < 4.78 is 15.1. The van der Waals surface area contributed by atoms with Crippen molar-refractivity contribution in [3.8, 4) is 17.3 Å². The minimum absolute atomic E-state index is 0.168. The Kier molecular flexibility index (Phi) is 3.46. The van der Waals surface area contributed by atoms with Crippen LogP contribution in [-0.4, -0.2) is 25.4 Å². The molecule has 0 aliphatic rings. The largest absolute Gasteiger partial charge is 0.365 e. The zero-order valence-corrected chi connectivity index (χ0v) is 12.9. The molecule has 7 heteroatoms. The molecule has 1 aromatic carbocycles. The Morgan fingerprint density at radius 3 is 2.76 bits per heavy atom. The minimum Gasteiger partial charge on any atom is -0.365 e. The number of hydrogen-bond acceptors (Lipinski definition) is 4. The van der Waals surface area contributed by atoms with Crippen LogP contribution in [0.2, 0.25) is 0 Å². The van der Waals surface area contributed by atoms with Gasteiger partial charge in [0.15, 0.2) is 11.6 Å². The Labute approximate surface area is 141 Å².